The zero-order valence-electron chi connectivity index (χ0n) is 16.5. The highest BCUT2D eigenvalue weighted by Gasteiger charge is 2.18. The molecule has 0 aliphatic carbocycles. The zero-order chi connectivity index (χ0) is 20.9. The molecule has 0 atom stereocenters. The van der Waals surface area contributed by atoms with Crippen molar-refractivity contribution in [3.63, 3.8) is 0 Å². The van der Waals surface area contributed by atoms with Crippen LogP contribution in [0, 0.1) is 11.6 Å². The largest absolute Gasteiger partial charge is 0.369 e. The Kier molecular flexibility index (Phi) is 6.05. The van der Waals surface area contributed by atoms with E-state index in [-0.39, 0.29) is 5.56 Å². The highest BCUT2D eigenvalue weighted by atomic mass is 19.1. The van der Waals surface area contributed by atoms with Crippen molar-refractivity contribution in [1.82, 2.24) is 4.90 Å². The Morgan fingerprint density at radius 1 is 0.867 bits per heavy atom. The van der Waals surface area contributed by atoms with Crippen molar-refractivity contribution >= 4 is 17.3 Å². The summed E-state index contributed by atoms with van der Waals surface area (Å²) >= 11 is 0. The van der Waals surface area contributed by atoms with Gasteiger partial charge in [0, 0.05) is 44.1 Å². The molecule has 1 fully saturated rings. The molecule has 4 rings (SSSR count). The van der Waals surface area contributed by atoms with Gasteiger partial charge < -0.3 is 10.2 Å². The van der Waals surface area contributed by atoms with Gasteiger partial charge in [-0.3, -0.25) is 9.69 Å². The summed E-state index contributed by atoms with van der Waals surface area (Å²) < 4.78 is 27.1. The first-order valence-corrected chi connectivity index (χ1v) is 9.96. The second-order valence-electron chi connectivity index (χ2n) is 7.37. The van der Waals surface area contributed by atoms with Gasteiger partial charge in [-0.05, 0) is 48.0 Å². The predicted molar refractivity (Wildman–Crippen MR) is 115 cm³/mol. The Balaban J connectivity index is 1.33. The lowest BCUT2D eigenvalue weighted by molar-refractivity contribution is 0.102. The van der Waals surface area contributed by atoms with Crippen LogP contribution in [0.5, 0.6) is 0 Å². The highest BCUT2D eigenvalue weighted by Crippen LogP contribution is 2.21. The monoisotopic (exact) mass is 407 g/mol. The first-order chi connectivity index (χ1) is 14.6. The van der Waals surface area contributed by atoms with Crippen LogP contribution in [0.2, 0.25) is 0 Å². The Morgan fingerprint density at radius 2 is 1.57 bits per heavy atom. The maximum Gasteiger partial charge on any atom is 0.258 e. The number of hydrogen-bond acceptors (Lipinski definition) is 3. The van der Waals surface area contributed by atoms with Crippen LogP contribution in [0.3, 0.4) is 0 Å². The molecule has 3 aromatic rings. The number of piperazine rings is 1. The van der Waals surface area contributed by atoms with Crippen LogP contribution < -0.4 is 10.2 Å². The zero-order valence-corrected chi connectivity index (χ0v) is 16.5. The second-order valence-corrected chi connectivity index (χ2v) is 7.37. The van der Waals surface area contributed by atoms with Gasteiger partial charge in [0.25, 0.3) is 5.91 Å². The fourth-order valence-electron chi connectivity index (χ4n) is 3.63. The topological polar surface area (TPSA) is 35.6 Å². The summed E-state index contributed by atoms with van der Waals surface area (Å²) in [6.07, 6.45) is 0. The SMILES string of the molecule is O=C(Nc1ccc(N2CCN(Cc3ccccc3)CC2)cc1)c1cc(F)ccc1F. The minimum absolute atomic E-state index is 0.311. The molecule has 0 aromatic heterocycles. The van der Waals surface area contributed by atoms with E-state index in [1.165, 1.54) is 5.56 Å². The van der Waals surface area contributed by atoms with Crippen LogP contribution in [-0.4, -0.2) is 37.0 Å². The lowest BCUT2D eigenvalue weighted by atomic mass is 10.1. The van der Waals surface area contributed by atoms with E-state index in [0.717, 1.165) is 56.6 Å². The van der Waals surface area contributed by atoms with E-state index in [0.29, 0.717) is 5.69 Å². The van der Waals surface area contributed by atoms with Crippen LogP contribution in [0.1, 0.15) is 15.9 Å². The summed E-state index contributed by atoms with van der Waals surface area (Å²) in [4.78, 5) is 17.0. The molecule has 1 saturated heterocycles. The first kappa shape index (κ1) is 20.0. The van der Waals surface area contributed by atoms with Crippen molar-refractivity contribution < 1.29 is 13.6 Å². The quantitative estimate of drug-likeness (QED) is 0.675. The van der Waals surface area contributed by atoms with Crippen LogP contribution in [0.4, 0.5) is 20.2 Å². The Morgan fingerprint density at radius 3 is 2.27 bits per heavy atom. The van der Waals surface area contributed by atoms with Gasteiger partial charge in [-0.2, -0.15) is 0 Å². The molecule has 3 aromatic carbocycles. The second kappa shape index (κ2) is 9.05. The smallest absolute Gasteiger partial charge is 0.258 e. The molecule has 0 bridgehead atoms. The molecule has 0 saturated carbocycles. The van der Waals surface area contributed by atoms with Gasteiger partial charge in [0.15, 0.2) is 0 Å². The minimum atomic E-state index is -0.751. The standard InChI is InChI=1S/C24H23F2N3O/c25-19-6-11-23(26)22(16-19)24(30)27-20-7-9-21(10-8-20)29-14-12-28(13-15-29)17-18-4-2-1-3-5-18/h1-11,16H,12-15,17H2,(H,27,30). The third kappa shape index (κ3) is 4.83. The van der Waals surface area contributed by atoms with Gasteiger partial charge >= 0.3 is 0 Å². The minimum Gasteiger partial charge on any atom is -0.369 e. The number of amides is 1. The Labute approximate surface area is 174 Å². The molecular weight excluding hydrogens is 384 g/mol. The number of halogens is 2. The van der Waals surface area contributed by atoms with Crippen molar-refractivity contribution in [3.05, 3.63) is 95.6 Å². The lowest BCUT2D eigenvalue weighted by Crippen LogP contribution is -2.45. The molecule has 1 aliphatic rings. The number of carbonyl (C=O) groups excluding carboxylic acids is 1. The third-order valence-corrected chi connectivity index (χ3v) is 5.28. The van der Waals surface area contributed by atoms with E-state index < -0.39 is 17.5 Å². The number of benzene rings is 3. The molecule has 1 heterocycles. The van der Waals surface area contributed by atoms with E-state index in [1.54, 1.807) is 12.1 Å². The average molecular weight is 407 g/mol. The van der Waals surface area contributed by atoms with Crippen molar-refractivity contribution in [2.24, 2.45) is 0 Å². The van der Waals surface area contributed by atoms with Gasteiger partial charge in [-0.1, -0.05) is 30.3 Å². The maximum absolute atomic E-state index is 13.8. The van der Waals surface area contributed by atoms with E-state index in [2.05, 4.69) is 39.4 Å². The van der Waals surface area contributed by atoms with Crippen LogP contribution in [-0.2, 0) is 6.54 Å². The summed E-state index contributed by atoms with van der Waals surface area (Å²) in [5, 5.41) is 2.62. The van der Waals surface area contributed by atoms with E-state index in [9.17, 15) is 13.6 Å². The number of anilines is 2. The molecule has 0 radical (unpaired) electrons. The summed E-state index contributed by atoms with van der Waals surface area (Å²) in [6.45, 7) is 4.76. The number of rotatable bonds is 5. The van der Waals surface area contributed by atoms with Gasteiger partial charge in [-0.25, -0.2) is 8.78 Å². The number of hydrogen-bond donors (Lipinski definition) is 1. The van der Waals surface area contributed by atoms with Crippen LogP contribution >= 0.6 is 0 Å². The molecule has 0 spiro atoms. The van der Waals surface area contributed by atoms with Crippen molar-refractivity contribution in [3.8, 4) is 0 Å². The fourth-order valence-corrected chi connectivity index (χ4v) is 3.63. The molecule has 0 unspecified atom stereocenters. The Bertz CT molecular complexity index is 1000. The molecule has 6 heteroatoms. The van der Waals surface area contributed by atoms with E-state index in [1.807, 2.05) is 18.2 Å². The summed E-state index contributed by atoms with van der Waals surface area (Å²) in [6, 6.07) is 20.7. The van der Waals surface area contributed by atoms with Gasteiger partial charge in [0.1, 0.15) is 11.6 Å². The van der Waals surface area contributed by atoms with Gasteiger partial charge in [0.2, 0.25) is 0 Å². The number of nitrogens with one attached hydrogen (secondary N) is 1. The third-order valence-electron chi connectivity index (χ3n) is 5.28. The van der Waals surface area contributed by atoms with Gasteiger partial charge in [0.05, 0.1) is 5.56 Å². The molecule has 1 N–H and O–H groups in total. The summed E-state index contributed by atoms with van der Waals surface area (Å²) in [7, 11) is 0. The fraction of sp³-hybridized carbons (Fsp3) is 0.208. The summed E-state index contributed by atoms with van der Waals surface area (Å²) in [5.41, 5.74) is 2.62. The normalized spacial score (nSPS) is 14.5. The van der Waals surface area contributed by atoms with Gasteiger partial charge in [-0.15, -0.1) is 0 Å². The Hall–Kier alpha value is -3.25. The summed E-state index contributed by atoms with van der Waals surface area (Å²) in [5.74, 6) is -2.07. The van der Waals surface area contributed by atoms with Crippen LogP contribution in [0.15, 0.2) is 72.8 Å². The first-order valence-electron chi connectivity index (χ1n) is 9.96. The average Bonchev–Trinajstić information content (AvgIpc) is 2.77. The number of carbonyl (C=O) groups is 1. The molecule has 30 heavy (non-hydrogen) atoms. The van der Waals surface area contributed by atoms with Crippen LogP contribution in [0.25, 0.3) is 0 Å². The highest BCUT2D eigenvalue weighted by molar-refractivity contribution is 6.04. The molecule has 4 nitrogen and oxygen atoms in total. The van der Waals surface area contributed by atoms with E-state index >= 15 is 0 Å². The molecular formula is C24H23F2N3O. The molecule has 1 aliphatic heterocycles. The van der Waals surface area contributed by atoms with Crippen molar-refractivity contribution in [2.75, 3.05) is 36.4 Å². The maximum atomic E-state index is 13.8. The predicted octanol–water partition coefficient (Wildman–Crippen LogP) is 4.54. The molecule has 154 valence electrons. The number of nitrogens with zero attached hydrogens (tertiary/aromatic N) is 2. The van der Waals surface area contributed by atoms with Crippen molar-refractivity contribution in [1.29, 1.82) is 0 Å². The molecule has 1 amide bonds. The van der Waals surface area contributed by atoms with E-state index in [4.69, 9.17) is 0 Å². The lowest BCUT2D eigenvalue weighted by Gasteiger charge is -2.36. The van der Waals surface area contributed by atoms with Crippen molar-refractivity contribution in [2.45, 2.75) is 6.54 Å².